The number of aliphatic hydroxyl groups is 1. The molecule has 0 bridgehead atoms. The zero-order chi connectivity index (χ0) is 56.3. The molecule has 77 heavy (non-hydrogen) atoms. The highest BCUT2D eigenvalue weighted by atomic mass is 31.2. The Bertz CT molecular complexity index is 1810. The monoisotopic (exact) mass is 1090 g/mol. The average molecular weight is 1090 g/mol. The minimum atomic E-state index is -4.37. The van der Waals surface area contributed by atoms with E-state index in [1.54, 1.807) is 6.08 Å². The molecule has 0 aliphatic rings. The Labute approximate surface area is 473 Å². The molecule has 436 valence electrons. The van der Waals surface area contributed by atoms with Crippen LogP contribution in [-0.4, -0.2) is 73.4 Å². The van der Waals surface area contributed by atoms with Crippen molar-refractivity contribution in [2.45, 2.75) is 225 Å². The Kier molecular flexibility index (Phi) is 54.0. The van der Waals surface area contributed by atoms with Crippen molar-refractivity contribution in [3.05, 3.63) is 158 Å². The van der Waals surface area contributed by atoms with E-state index in [0.29, 0.717) is 23.9 Å². The summed E-state index contributed by atoms with van der Waals surface area (Å²) in [5.41, 5.74) is 0. The summed E-state index contributed by atoms with van der Waals surface area (Å²) < 4.78 is 23.7. The number of rotatable bonds is 53. The minimum absolute atomic E-state index is 0.0445. The van der Waals surface area contributed by atoms with Crippen molar-refractivity contribution >= 4 is 13.7 Å². The number of aliphatic hydroxyl groups excluding tert-OH is 1. The number of amides is 1. The molecule has 0 heterocycles. The first-order chi connectivity index (χ1) is 37.5. The molecule has 0 radical (unpaired) electrons. The Hall–Kier alpha value is -3.88. The van der Waals surface area contributed by atoms with Crippen LogP contribution in [0, 0.1) is 0 Å². The number of carbonyl (C=O) groups is 1. The normalized spacial score (nSPS) is 14.9. The standard InChI is InChI=1S/C68H113N2O6P/c1-6-8-10-12-14-16-18-20-22-24-25-26-27-28-29-30-31-32-33-34-35-36-37-38-39-40-41-42-43-44-45-46-48-50-52-54-56-58-60-62-68(72)69-66(65-76-77(73,74)75-64-63-70(3,4)5)67(71)61-59-57-55-53-51-49-47-23-21-19-17-15-13-11-9-7-2/h8,10,14,16,20,22,25-26,28-29,31-32,34-35,37-38,40-41,43-44,46,48,52,54,59,61,66-67,71H,6-7,9,11-13,15,17-19,21,23-24,27,30,33,36,39,42,45,47,49-51,53,55-58,60,62-65H2,1-5H3,(H-,69,72,73,74)/p+1/b10-8-,16-14-,22-20-,26-25-,29-28-,32-31-,35-34-,38-37-,41-40-,44-43-,48-46-,54-52-,61-59+. The first-order valence-electron chi connectivity index (χ1n) is 30.4. The van der Waals surface area contributed by atoms with Gasteiger partial charge in [0.1, 0.15) is 13.2 Å². The number of hydrogen-bond acceptors (Lipinski definition) is 5. The van der Waals surface area contributed by atoms with E-state index in [1.165, 1.54) is 77.0 Å². The number of nitrogens with zero attached hydrogens (tertiary/aromatic N) is 1. The van der Waals surface area contributed by atoms with Crippen LogP contribution in [0.2, 0.25) is 0 Å². The molecule has 0 spiro atoms. The van der Waals surface area contributed by atoms with Gasteiger partial charge >= 0.3 is 7.82 Å². The second kappa shape index (κ2) is 56.8. The summed E-state index contributed by atoms with van der Waals surface area (Å²) in [6.07, 6.45) is 89.3. The van der Waals surface area contributed by atoms with E-state index in [4.69, 9.17) is 9.05 Å². The van der Waals surface area contributed by atoms with Gasteiger partial charge < -0.3 is 19.8 Å². The van der Waals surface area contributed by atoms with Crippen molar-refractivity contribution in [1.29, 1.82) is 0 Å². The maximum Gasteiger partial charge on any atom is 0.472 e. The van der Waals surface area contributed by atoms with Crippen LogP contribution < -0.4 is 5.32 Å². The Balaban J connectivity index is 4.28. The number of unbranched alkanes of at least 4 members (excludes halogenated alkanes) is 16. The maximum atomic E-state index is 13.0. The first-order valence-corrected chi connectivity index (χ1v) is 31.9. The molecule has 9 heteroatoms. The molecule has 0 aliphatic heterocycles. The Morgan fingerprint density at radius 1 is 0.455 bits per heavy atom. The van der Waals surface area contributed by atoms with Crippen molar-refractivity contribution in [3.63, 3.8) is 0 Å². The van der Waals surface area contributed by atoms with E-state index in [-0.39, 0.29) is 19.1 Å². The number of hydrogen-bond donors (Lipinski definition) is 3. The van der Waals surface area contributed by atoms with Crippen LogP contribution in [-0.2, 0) is 18.4 Å². The van der Waals surface area contributed by atoms with E-state index in [9.17, 15) is 19.4 Å². The van der Waals surface area contributed by atoms with Crippen LogP contribution in [0.3, 0.4) is 0 Å². The maximum absolute atomic E-state index is 13.0. The molecule has 0 saturated carbocycles. The van der Waals surface area contributed by atoms with Crippen molar-refractivity contribution in [1.82, 2.24) is 5.32 Å². The first kappa shape index (κ1) is 73.1. The number of phosphoric ester groups is 1. The molecule has 0 aromatic heterocycles. The molecule has 0 aromatic carbocycles. The summed E-state index contributed by atoms with van der Waals surface area (Å²) in [6, 6.07) is -0.882. The van der Waals surface area contributed by atoms with Crippen molar-refractivity contribution < 1.29 is 32.9 Å². The third-order valence-electron chi connectivity index (χ3n) is 12.5. The number of carbonyl (C=O) groups excluding carboxylic acids is 1. The van der Waals surface area contributed by atoms with Gasteiger partial charge in [0.05, 0.1) is 39.9 Å². The predicted octanol–water partition coefficient (Wildman–Crippen LogP) is 19.0. The molecular weight excluding hydrogens is 972 g/mol. The molecule has 8 nitrogen and oxygen atoms in total. The van der Waals surface area contributed by atoms with E-state index in [2.05, 4.69) is 165 Å². The van der Waals surface area contributed by atoms with Crippen molar-refractivity contribution in [2.75, 3.05) is 40.9 Å². The van der Waals surface area contributed by atoms with Gasteiger partial charge in [-0.2, -0.15) is 0 Å². The average Bonchev–Trinajstić information content (AvgIpc) is 3.39. The van der Waals surface area contributed by atoms with E-state index < -0.39 is 20.0 Å². The lowest BCUT2D eigenvalue weighted by Gasteiger charge is -2.25. The number of allylic oxidation sites excluding steroid dienone is 25. The smallest absolute Gasteiger partial charge is 0.387 e. The summed E-state index contributed by atoms with van der Waals surface area (Å²) in [5, 5.41) is 13.9. The lowest BCUT2D eigenvalue weighted by molar-refractivity contribution is -0.870. The van der Waals surface area contributed by atoms with Crippen LogP contribution in [0.15, 0.2) is 158 Å². The number of nitrogens with one attached hydrogen (secondary N) is 1. The molecule has 1 amide bonds. The van der Waals surface area contributed by atoms with Crippen LogP contribution >= 0.6 is 7.82 Å². The van der Waals surface area contributed by atoms with Crippen LogP contribution in [0.1, 0.15) is 213 Å². The zero-order valence-electron chi connectivity index (χ0n) is 49.6. The lowest BCUT2D eigenvalue weighted by atomic mass is 10.0. The second-order valence-corrected chi connectivity index (χ2v) is 22.4. The summed E-state index contributed by atoms with van der Waals surface area (Å²) in [4.78, 5) is 23.3. The van der Waals surface area contributed by atoms with Crippen LogP contribution in [0.4, 0.5) is 0 Å². The fourth-order valence-corrected chi connectivity index (χ4v) is 8.52. The highest BCUT2D eigenvalue weighted by Crippen LogP contribution is 2.43. The zero-order valence-corrected chi connectivity index (χ0v) is 50.5. The van der Waals surface area contributed by atoms with Gasteiger partial charge in [0.2, 0.25) is 5.91 Å². The van der Waals surface area contributed by atoms with Gasteiger partial charge in [0.25, 0.3) is 0 Å². The topological polar surface area (TPSA) is 105 Å². The molecule has 3 N–H and O–H groups in total. The quantitative estimate of drug-likeness (QED) is 0.0243. The van der Waals surface area contributed by atoms with Gasteiger partial charge in [0, 0.05) is 6.42 Å². The molecule has 3 unspecified atom stereocenters. The van der Waals surface area contributed by atoms with Crippen molar-refractivity contribution in [3.8, 4) is 0 Å². The van der Waals surface area contributed by atoms with Gasteiger partial charge in [-0.05, 0) is 109 Å². The molecule has 0 rings (SSSR count). The predicted molar refractivity (Wildman–Crippen MR) is 336 cm³/mol. The van der Waals surface area contributed by atoms with Gasteiger partial charge in [-0.3, -0.25) is 13.8 Å². The Morgan fingerprint density at radius 3 is 1.14 bits per heavy atom. The molecular formula is C68H114N2O6P+. The minimum Gasteiger partial charge on any atom is -0.387 e. The van der Waals surface area contributed by atoms with E-state index in [0.717, 1.165) is 109 Å². The summed E-state index contributed by atoms with van der Waals surface area (Å²) in [5.74, 6) is -0.226. The van der Waals surface area contributed by atoms with Crippen molar-refractivity contribution in [2.24, 2.45) is 0 Å². The summed E-state index contributed by atoms with van der Waals surface area (Å²) in [6.45, 7) is 4.65. The van der Waals surface area contributed by atoms with E-state index in [1.807, 2.05) is 27.2 Å². The summed E-state index contributed by atoms with van der Waals surface area (Å²) in [7, 11) is 1.52. The number of phosphoric acid groups is 1. The highest BCUT2D eigenvalue weighted by molar-refractivity contribution is 7.47. The SMILES string of the molecule is CC/C=C\C/C=C\C/C=C\C/C=C\C/C=C\C/C=C\C/C=C\C/C=C\C/C=C\C/C=C\C/C=C\C/C=C\CCCCC(=O)NC(COP(=O)(O)OCC[N+](C)(C)C)C(O)/C=C/CCCCCCCCCCCCCCCC. The highest BCUT2D eigenvalue weighted by Gasteiger charge is 2.27. The fraction of sp³-hybridized carbons (Fsp3) is 0.603. The number of likely N-dealkylation sites (N-methyl/N-ethyl adjacent to an activating group) is 1. The molecule has 0 saturated heterocycles. The van der Waals surface area contributed by atoms with Gasteiger partial charge in [-0.1, -0.05) is 255 Å². The molecule has 0 fully saturated rings. The molecule has 3 atom stereocenters. The Morgan fingerprint density at radius 2 is 0.779 bits per heavy atom. The second-order valence-electron chi connectivity index (χ2n) is 21.0. The molecule has 0 aliphatic carbocycles. The molecule has 0 aromatic rings. The number of quaternary nitrogens is 1. The van der Waals surface area contributed by atoms with Gasteiger partial charge in [-0.25, -0.2) is 4.57 Å². The van der Waals surface area contributed by atoms with Crippen LogP contribution in [0.25, 0.3) is 0 Å². The van der Waals surface area contributed by atoms with Crippen LogP contribution in [0.5, 0.6) is 0 Å². The summed E-state index contributed by atoms with van der Waals surface area (Å²) >= 11 is 0. The third-order valence-corrected chi connectivity index (χ3v) is 13.5. The van der Waals surface area contributed by atoms with E-state index >= 15 is 0 Å². The third kappa shape index (κ3) is 59.6. The van der Waals surface area contributed by atoms with Gasteiger partial charge in [-0.15, -0.1) is 0 Å². The fourth-order valence-electron chi connectivity index (χ4n) is 7.79. The van der Waals surface area contributed by atoms with Gasteiger partial charge in [0.15, 0.2) is 0 Å². The lowest BCUT2D eigenvalue weighted by Crippen LogP contribution is -2.45. The largest absolute Gasteiger partial charge is 0.472 e.